The van der Waals surface area contributed by atoms with E-state index in [2.05, 4.69) is 25.9 Å². The van der Waals surface area contributed by atoms with Gasteiger partial charge in [-0.05, 0) is 15.9 Å². The Labute approximate surface area is 135 Å². The van der Waals surface area contributed by atoms with Crippen molar-refractivity contribution in [3.63, 3.8) is 0 Å². The number of hydrogen-bond acceptors (Lipinski definition) is 7. The average molecular weight is 373 g/mol. The first-order valence-electron chi connectivity index (χ1n) is 6.76. The molecule has 0 saturated carbocycles. The number of ether oxygens (including phenoxy) is 1. The maximum Gasteiger partial charge on any atom is 0.164 e. The van der Waals surface area contributed by atoms with Crippen molar-refractivity contribution in [2.45, 2.75) is 24.5 Å². The second-order valence-corrected chi connectivity index (χ2v) is 6.26. The Morgan fingerprint density at radius 2 is 2.05 bits per heavy atom. The smallest absolute Gasteiger partial charge is 0.164 e. The van der Waals surface area contributed by atoms with E-state index in [4.69, 9.17) is 4.74 Å². The van der Waals surface area contributed by atoms with Crippen molar-refractivity contribution in [1.29, 1.82) is 0 Å². The van der Waals surface area contributed by atoms with E-state index in [0.29, 0.717) is 5.65 Å². The van der Waals surface area contributed by atoms with E-state index in [1.807, 2.05) is 19.0 Å². The monoisotopic (exact) mass is 372 g/mol. The number of nitrogens with zero attached hydrogens (tertiary/aromatic N) is 4. The molecule has 0 unspecified atom stereocenters. The first-order chi connectivity index (χ1) is 10.5. The van der Waals surface area contributed by atoms with Crippen LogP contribution in [0.4, 0.5) is 5.82 Å². The van der Waals surface area contributed by atoms with Crippen molar-refractivity contribution in [3.8, 4) is 0 Å². The normalized spacial score (nSPS) is 28.5. The largest absolute Gasteiger partial charge is 0.394 e. The van der Waals surface area contributed by atoms with Crippen LogP contribution in [-0.2, 0) is 4.74 Å². The van der Waals surface area contributed by atoms with E-state index in [1.165, 1.54) is 6.33 Å². The fourth-order valence-corrected chi connectivity index (χ4v) is 3.24. The van der Waals surface area contributed by atoms with Gasteiger partial charge in [0.1, 0.15) is 36.1 Å². The van der Waals surface area contributed by atoms with Crippen LogP contribution in [0.3, 0.4) is 0 Å². The Bertz CT molecular complexity index is 692. The van der Waals surface area contributed by atoms with Crippen LogP contribution in [0.2, 0.25) is 0 Å². The summed E-state index contributed by atoms with van der Waals surface area (Å²) in [6.45, 7) is -0.368. The van der Waals surface area contributed by atoms with E-state index in [0.717, 1.165) is 15.7 Å². The number of aliphatic hydroxyl groups excluding tert-OH is 3. The molecule has 0 bridgehead atoms. The molecular weight excluding hydrogens is 356 g/mol. The molecule has 120 valence electrons. The zero-order chi connectivity index (χ0) is 16.0. The average Bonchev–Trinajstić information content (AvgIpc) is 2.98. The highest BCUT2D eigenvalue weighted by Crippen LogP contribution is 2.37. The maximum atomic E-state index is 10.2. The summed E-state index contributed by atoms with van der Waals surface area (Å²) in [6, 6.07) is 0. The van der Waals surface area contributed by atoms with Crippen molar-refractivity contribution < 1.29 is 20.1 Å². The van der Waals surface area contributed by atoms with Gasteiger partial charge < -0.3 is 29.5 Å². The van der Waals surface area contributed by atoms with E-state index in [9.17, 15) is 15.3 Å². The summed E-state index contributed by atoms with van der Waals surface area (Å²) in [4.78, 5) is 10.4. The van der Waals surface area contributed by atoms with Crippen molar-refractivity contribution in [2.24, 2.45) is 0 Å². The summed E-state index contributed by atoms with van der Waals surface area (Å²) in [5.41, 5.74) is 0.570. The van der Waals surface area contributed by atoms with Crippen molar-refractivity contribution >= 4 is 32.8 Å². The third-order valence-corrected chi connectivity index (χ3v) is 4.36. The predicted octanol–water partition coefficient (Wildman–Crippen LogP) is -0.129. The highest BCUT2D eigenvalue weighted by molar-refractivity contribution is 9.10. The standard InChI is InChI=1S/C13H17BrN4O4/c1-17(2)11-8-6(14)3-18(12(8)16-5-15-11)13-10(21)9(20)7(4-19)22-13/h3,5,7,9-10,13,19-21H,4H2,1-2H3/t7-,9+,10-,13+/m0/s1. The van der Waals surface area contributed by atoms with Crippen molar-refractivity contribution in [2.75, 3.05) is 25.6 Å². The summed E-state index contributed by atoms with van der Waals surface area (Å²) in [5.74, 6) is 0.724. The highest BCUT2D eigenvalue weighted by Gasteiger charge is 2.44. The molecule has 0 radical (unpaired) electrons. The van der Waals surface area contributed by atoms with Crippen molar-refractivity contribution in [3.05, 3.63) is 17.0 Å². The van der Waals surface area contributed by atoms with Gasteiger partial charge in [-0.25, -0.2) is 9.97 Å². The molecule has 22 heavy (non-hydrogen) atoms. The highest BCUT2D eigenvalue weighted by atomic mass is 79.9. The van der Waals surface area contributed by atoms with Gasteiger partial charge in [0.25, 0.3) is 0 Å². The number of anilines is 1. The summed E-state index contributed by atoms with van der Waals surface area (Å²) in [5, 5.41) is 30.1. The molecule has 1 aliphatic heterocycles. The molecule has 2 aromatic rings. The van der Waals surface area contributed by atoms with Crippen molar-refractivity contribution in [1.82, 2.24) is 14.5 Å². The molecule has 1 saturated heterocycles. The lowest BCUT2D eigenvalue weighted by Gasteiger charge is -2.18. The lowest BCUT2D eigenvalue weighted by molar-refractivity contribution is -0.0509. The summed E-state index contributed by atoms with van der Waals surface area (Å²) in [7, 11) is 3.75. The van der Waals surface area contributed by atoms with Crippen LogP contribution in [0.25, 0.3) is 11.0 Å². The Morgan fingerprint density at radius 1 is 1.32 bits per heavy atom. The minimum atomic E-state index is -1.16. The third-order valence-electron chi connectivity index (χ3n) is 3.76. The van der Waals surface area contributed by atoms with Gasteiger partial charge in [-0.15, -0.1) is 0 Å². The second kappa shape index (κ2) is 5.74. The van der Waals surface area contributed by atoms with E-state index >= 15 is 0 Å². The molecule has 1 aliphatic rings. The predicted molar refractivity (Wildman–Crippen MR) is 82.6 cm³/mol. The molecule has 3 N–H and O–H groups in total. The van der Waals surface area contributed by atoms with Gasteiger partial charge >= 0.3 is 0 Å². The van der Waals surface area contributed by atoms with Crippen LogP contribution in [0.5, 0.6) is 0 Å². The molecule has 0 aromatic carbocycles. The molecular formula is C13H17BrN4O4. The Kier molecular flexibility index (Phi) is 4.08. The van der Waals surface area contributed by atoms with Crippen LogP contribution >= 0.6 is 15.9 Å². The molecule has 3 rings (SSSR count). The lowest BCUT2D eigenvalue weighted by atomic mass is 10.1. The molecule has 1 fully saturated rings. The summed E-state index contributed by atoms with van der Waals surface area (Å²) >= 11 is 3.47. The third kappa shape index (κ3) is 2.29. The van der Waals surface area contributed by atoms with Gasteiger partial charge in [0.2, 0.25) is 0 Å². The number of hydrogen-bond donors (Lipinski definition) is 3. The summed E-state index contributed by atoms with van der Waals surface area (Å²) < 4.78 is 7.95. The lowest BCUT2D eigenvalue weighted by Crippen LogP contribution is -2.33. The Hall–Kier alpha value is -1.26. The minimum Gasteiger partial charge on any atom is -0.394 e. The van der Waals surface area contributed by atoms with E-state index in [1.54, 1.807) is 10.8 Å². The van der Waals surface area contributed by atoms with Crippen LogP contribution in [-0.4, -0.2) is 68.9 Å². The van der Waals surface area contributed by atoms with Crippen LogP contribution in [0.15, 0.2) is 17.0 Å². The van der Waals surface area contributed by atoms with Gasteiger partial charge in [0.15, 0.2) is 6.23 Å². The van der Waals surface area contributed by atoms with Gasteiger partial charge in [-0.1, -0.05) is 0 Å². The van der Waals surface area contributed by atoms with Crippen LogP contribution in [0, 0.1) is 0 Å². The number of rotatable bonds is 3. The molecule has 8 nitrogen and oxygen atoms in total. The van der Waals surface area contributed by atoms with Gasteiger partial charge in [-0.3, -0.25) is 0 Å². The SMILES string of the molecule is CN(C)c1ncnc2c1c(Br)cn2[C@@H]1O[C@@H](CO)[C@@H](O)[C@@H]1O. The molecule has 4 atom stereocenters. The quantitative estimate of drug-likeness (QED) is 0.689. The molecule has 2 aromatic heterocycles. The number of aromatic nitrogens is 3. The molecule has 0 spiro atoms. The first-order valence-corrected chi connectivity index (χ1v) is 7.55. The topological polar surface area (TPSA) is 104 Å². The summed E-state index contributed by atoms with van der Waals surface area (Å²) in [6.07, 6.45) is -0.801. The Morgan fingerprint density at radius 3 is 2.64 bits per heavy atom. The minimum absolute atomic E-state index is 0.368. The van der Waals surface area contributed by atoms with E-state index < -0.39 is 24.5 Å². The number of fused-ring (bicyclic) bond motifs is 1. The fourth-order valence-electron chi connectivity index (χ4n) is 2.67. The number of aliphatic hydroxyl groups is 3. The molecule has 0 amide bonds. The number of halogens is 1. The van der Waals surface area contributed by atoms with Gasteiger partial charge in [0, 0.05) is 24.8 Å². The first kappa shape index (κ1) is 15.6. The van der Waals surface area contributed by atoms with Gasteiger partial charge in [-0.2, -0.15) is 0 Å². The molecule has 3 heterocycles. The zero-order valence-electron chi connectivity index (χ0n) is 12.1. The fraction of sp³-hybridized carbons (Fsp3) is 0.538. The maximum absolute atomic E-state index is 10.2. The molecule has 9 heteroatoms. The van der Waals surface area contributed by atoms with Crippen LogP contribution in [0.1, 0.15) is 6.23 Å². The molecule has 0 aliphatic carbocycles. The Balaban J connectivity index is 2.11. The van der Waals surface area contributed by atoms with Gasteiger partial charge in [0.05, 0.1) is 12.0 Å². The zero-order valence-corrected chi connectivity index (χ0v) is 13.7. The second-order valence-electron chi connectivity index (χ2n) is 5.40. The van der Waals surface area contributed by atoms with Crippen LogP contribution < -0.4 is 4.90 Å². The van der Waals surface area contributed by atoms with E-state index in [-0.39, 0.29) is 6.61 Å².